The van der Waals surface area contributed by atoms with Crippen LogP contribution >= 0.6 is 7.60 Å². The van der Waals surface area contributed by atoms with Crippen LogP contribution in [0.4, 0.5) is 5.82 Å². The predicted octanol–water partition coefficient (Wildman–Crippen LogP) is 1.23. The molecule has 1 aliphatic rings. The van der Waals surface area contributed by atoms with Crippen molar-refractivity contribution in [3.05, 3.63) is 22.7 Å². The Labute approximate surface area is 134 Å². The zero-order valence-corrected chi connectivity index (χ0v) is 14.4. The normalized spacial score (nSPS) is 22.6. The monoisotopic (exact) mass is 346 g/mol. The maximum absolute atomic E-state index is 12.6. The lowest BCUT2D eigenvalue weighted by Crippen LogP contribution is -2.28. The summed E-state index contributed by atoms with van der Waals surface area (Å²) in [6.45, 7) is 4.14. The summed E-state index contributed by atoms with van der Waals surface area (Å²) in [4.78, 5) is 21.3. The number of anilines is 1. The number of hydroxylamine groups is 2. The van der Waals surface area contributed by atoms with E-state index in [4.69, 9.17) is 19.6 Å². The first-order chi connectivity index (χ1) is 10.9. The molecule has 23 heavy (non-hydrogen) atoms. The molecule has 0 bridgehead atoms. The number of nitrogens with two attached hydrogens (primary N) is 1. The molecule has 1 saturated heterocycles. The Morgan fingerprint density at radius 2 is 2.09 bits per heavy atom. The molecule has 0 aliphatic carbocycles. The minimum absolute atomic E-state index is 0.159. The van der Waals surface area contributed by atoms with Crippen LogP contribution in [0, 0.1) is 0 Å². The van der Waals surface area contributed by atoms with Gasteiger partial charge in [0.2, 0.25) is 0 Å². The van der Waals surface area contributed by atoms with E-state index in [1.165, 1.54) is 16.8 Å². The van der Waals surface area contributed by atoms with Gasteiger partial charge in [0.15, 0.2) is 6.23 Å². The molecule has 1 aromatic rings. The standard InChI is InChI=1S/C13H23N4O5P/c1-4-20-23(19,21-5-2)9-10-8-12(22-16(10)3)17-7-6-11(14)15-13(17)18/h6-7,10,12H,4-5,8-9H2,1-3H3,(H2,14,15,18)/t10-,12+/m1/s1. The Hall–Kier alpha value is -1.25. The summed E-state index contributed by atoms with van der Waals surface area (Å²) in [7, 11) is -1.46. The highest BCUT2D eigenvalue weighted by Crippen LogP contribution is 2.50. The van der Waals surface area contributed by atoms with Crippen LogP contribution in [0.15, 0.2) is 17.1 Å². The maximum Gasteiger partial charge on any atom is 0.351 e. The van der Waals surface area contributed by atoms with Crippen molar-refractivity contribution in [1.29, 1.82) is 0 Å². The minimum Gasteiger partial charge on any atom is -0.383 e. The van der Waals surface area contributed by atoms with Gasteiger partial charge in [-0.15, -0.1) is 0 Å². The second-order valence-electron chi connectivity index (χ2n) is 5.17. The van der Waals surface area contributed by atoms with Crippen molar-refractivity contribution in [3.63, 3.8) is 0 Å². The van der Waals surface area contributed by atoms with E-state index in [-0.39, 0.29) is 18.0 Å². The number of hydrogen-bond acceptors (Lipinski definition) is 8. The summed E-state index contributed by atoms with van der Waals surface area (Å²) in [5, 5.41) is 1.58. The van der Waals surface area contributed by atoms with E-state index in [9.17, 15) is 9.36 Å². The van der Waals surface area contributed by atoms with E-state index in [2.05, 4.69) is 4.98 Å². The third-order valence-electron chi connectivity index (χ3n) is 3.52. The number of nitrogen functional groups attached to an aromatic ring is 1. The van der Waals surface area contributed by atoms with Crippen molar-refractivity contribution >= 4 is 13.4 Å². The molecule has 0 aromatic carbocycles. The lowest BCUT2D eigenvalue weighted by molar-refractivity contribution is -0.164. The molecular weight excluding hydrogens is 323 g/mol. The molecule has 0 saturated carbocycles. The van der Waals surface area contributed by atoms with Gasteiger partial charge >= 0.3 is 13.3 Å². The first kappa shape index (κ1) is 18.1. The number of hydrogen-bond donors (Lipinski definition) is 1. The molecule has 2 N–H and O–H groups in total. The Kier molecular flexibility index (Phi) is 5.94. The molecule has 2 rings (SSSR count). The largest absolute Gasteiger partial charge is 0.383 e. The molecule has 10 heteroatoms. The van der Waals surface area contributed by atoms with Gasteiger partial charge in [0.25, 0.3) is 0 Å². The van der Waals surface area contributed by atoms with Crippen LogP contribution in [0.3, 0.4) is 0 Å². The summed E-state index contributed by atoms with van der Waals surface area (Å²) in [5.74, 6) is 0.159. The van der Waals surface area contributed by atoms with Crippen molar-refractivity contribution in [3.8, 4) is 0 Å². The highest BCUT2D eigenvalue weighted by atomic mass is 31.2. The van der Waals surface area contributed by atoms with E-state index in [0.717, 1.165) is 0 Å². The van der Waals surface area contributed by atoms with E-state index >= 15 is 0 Å². The summed E-state index contributed by atoms with van der Waals surface area (Å²) in [6.07, 6.45) is 1.67. The zero-order valence-electron chi connectivity index (χ0n) is 13.5. The van der Waals surface area contributed by atoms with Gasteiger partial charge in [-0.05, 0) is 19.9 Å². The van der Waals surface area contributed by atoms with E-state index in [0.29, 0.717) is 19.6 Å². The molecule has 1 aromatic heterocycles. The van der Waals surface area contributed by atoms with E-state index < -0.39 is 19.5 Å². The molecule has 2 atom stereocenters. The molecule has 2 heterocycles. The second-order valence-corrected chi connectivity index (χ2v) is 7.27. The van der Waals surface area contributed by atoms with E-state index in [1.54, 1.807) is 26.0 Å². The van der Waals surface area contributed by atoms with Gasteiger partial charge in [0.1, 0.15) is 5.82 Å². The van der Waals surface area contributed by atoms with Crippen LogP contribution in [0.25, 0.3) is 0 Å². The van der Waals surface area contributed by atoms with Crippen LogP contribution in [-0.4, -0.2) is 47.1 Å². The van der Waals surface area contributed by atoms with Gasteiger partial charge < -0.3 is 14.8 Å². The average Bonchev–Trinajstić information content (AvgIpc) is 2.79. The van der Waals surface area contributed by atoms with Crippen LogP contribution in [0.5, 0.6) is 0 Å². The number of nitrogens with zero attached hydrogens (tertiary/aromatic N) is 3. The van der Waals surface area contributed by atoms with Gasteiger partial charge in [-0.3, -0.25) is 14.0 Å². The number of rotatable bonds is 7. The lowest BCUT2D eigenvalue weighted by atomic mass is 10.2. The molecule has 0 unspecified atom stereocenters. The van der Waals surface area contributed by atoms with Crippen LogP contribution in [-0.2, 0) is 18.5 Å². The van der Waals surface area contributed by atoms with E-state index in [1.807, 2.05) is 0 Å². The molecule has 1 aliphatic heterocycles. The third kappa shape index (κ3) is 4.39. The van der Waals surface area contributed by atoms with Crippen LogP contribution in [0.2, 0.25) is 0 Å². The Morgan fingerprint density at radius 3 is 2.65 bits per heavy atom. The summed E-state index contributed by atoms with van der Waals surface area (Å²) in [6, 6.07) is 1.33. The fraction of sp³-hybridized carbons (Fsp3) is 0.692. The molecule has 0 radical (unpaired) electrons. The molecule has 0 amide bonds. The van der Waals surface area contributed by atoms with Crippen molar-refractivity contribution in [2.24, 2.45) is 0 Å². The zero-order chi connectivity index (χ0) is 17.0. The summed E-state index contributed by atoms with van der Waals surface area (Å²) < 4.78 is 24.6. The van der Waals surface area contributed by atoms with Gasteiger partial charge in [0, 0.05) is 19.7 Å². The average molecular weight is 346 g/mol. The smallest absolute Gasteiger partial charge is 0.351 e. The molecule has 130 valence electrons. The predicted molar refractivity (Wildman–Crippen MR) is 84.9 cm³/mol. The van der Waals surface area contributed by atoms with Gasteiger partial charge in [-0.2, -0.15) is 10.0 Å². The topological polar surface area (TPSA) is 109 Å². The van der Waals surface area contributed by atoms with Crippen molar-refractivity contribution in [1.82, 2.24) is 14.6 Å². The van der Waals surface area contributed by atoms with Gasteiger partial charge in [-0.1, -0.05) is 0 Å². The third-order valence-corrected chi connectivity index (χ3v) is 5.70. The van der Waals surface area contributed by atoms with Gasteiger partial charge in [-0.25, -0.2) is 4.79 Å². The number of aromatic nitrogens is 2. The molecule has 1 fully saturated rings. The van der Waals surface area contributed by atoms with Crippen LogP contribution in [0.1, 0.15) is 26.5 Å². The lowest BCUT2D eigenvalue weighted by Gasteiger charge is -2.22. The van der Waals surface area contributed by atoms with Crippen LogP contribution < -0.4 is 11.4 Å². The van der Waals surface area contributed by atoms with Crippen molar-refractivity contribution in [2.45, 2.75) is 32.5 Å². The fourth-order valence-corrected chi connectivity index (χ4v) is 4.46. The Morgan fingerprint density at radius 1 is 1.43 bits per heavy atom. The quantitative estimate of drug-likeness (QED) is 0.734. The summed E-state index contributed by atoms with van der Waals surface area (Å²) in [5.41, 5.74) is 5.00. The maximum atomic E-state index is 12.6. The highest BCUT2D eigenvalue weighted by molar-refractivity contribution is 7.53. The summed E-state index contributed by atoms with van der Waals surface area (Å²) >= 11 is 0. The Balaban J connectivity index is 2.11. The Bertz CT molecular complexity index is 627. The molecule has 9 nitrogen and oxygen atoms in total. The second kappa shape index (κ2) is 7.55. The highest BCUT2D eigenvalue weighted by Gasteiger charge is 2.38. The SMILES string of the molecule is CCOP(=O)(C[C@H]1C[C@@H](n2ccc(N)nc2=O)ON1C)OCC. The first-order valence-electron chi connectivity index (χ1n) is 7.51. The van der Waals surface area contributed by atoms with Crippen molar-refractivity contribution in [2.75, 3.05) is 32.2 Å². The fourth-order valence-electron chi connectivity index (χ4n) is 2.50. The molecule has 0 spiro atoms. The van der Waals surface area contributed by atoms with Gasteiger partial charge in [0.05, 0.1) is 25.4 Å². The first-order valence-corrected chi connectivity index (χ1v) is 9.23. The van der Waals surface area contributed by atoms with Crippen molar-refractivity contribution < 1.29 is 18.5 Å². The molecular formula is C13H23N4O5P. The minimum atomic E-state index is -3.19.